The highest BCUT2D eigenvalue weighted by Gasteiger charge is 2.15. The third kappa shape index (κ3) is 3.74. The number of aromatic nitrogens is 3. The maximum absolute atomic E-state index is 12.9. The summed E-state index contributed by atoms with van der Waals surface area (Å²) >= 11 is 0. The Hall–Kier alpha value is -4.39. The molecule has 1 N–H and O–H groups in total. The summed E-state index contributed by atoms with van der Waals surface area (Å²) < 4.78 is 10.6. The molecular formula is C26H22N4O3. The maximum Gasteiger partial charge on any atom is 0.255 e. The van der Waals surface area contributed by atoms with E-state index in [0.717, 1.165) is 27.5 Å². The topological polar surface area (TPSA) is 78.3 Å². The van der Waals surface area contributed by atoms with E-state index in [9.17, 15) is 4.79 Å². The van der Waals surface area contributed by atoms with Crippen LogP contribution < -0.4 is 14.8 Å². The van der Waals surface area contributed by atoms with Crippen molar-refractivity contribution in [2.45, 2.75) is 6.92 Å². The van der Waals surface area contributed by atoms with E-state index in [2.05, 4.69) is 33.7 Å². The molecule has 0 fully saturated rings. The molecule has 1 aromatic heterocycles. The van der Waals surface area contributed by atoms with Crippen molar-refractivity contribution in [1.82, 2.24) is 15.0 Å². The van der Waals surface area contributed by atoms with Crippen LogP contribution in [0.25, 0.3) is 27.5 Å². The van der Waals surface area contributed by atoms with Gasteiger partial charge in [0.2, 0.25) is 0 Å². The summed E-state index contributed by atoms with van der Waals surface area (Å²) in [4.78, 5) is 14.5. The Morgan fingerprint density at radius 3 is 2.36 bits per heavy atom. The number of fused-ring (bicyclic) bond motifs is 2. The average molecular weight is 438 g/mol. The van der Waals surface area contributed by atoms with E-state index in [-0.39, 0.29) is 5.91 Å². The van der Waals surface area contributed by atoms with Crippen LogP contribution in [0.2, 0.25) is 0 Å². The van der Waals surface area contributed by atoms with Crippen molar-refractivity contribution in [3.63, 3.8) is 0 Å². The van der Waals surface area contributed by atoms with Gasteiger partial charge >= 0.3 is 0 Å². The molecule has 0 spiro atoms. The second-order valence-corrected chi connectivity index (χ2v) is 7.67. The van der Waals surface area contributed by atoms with Crippen molar-refractivity contribution < 1.29 is 14.3 Å². The van der Waals surface area contributed by atoms with Gasteiger partial charge in [-0.15, -0.1) is 15.0 Å². The predicted molar refractivity (Wildman–Crippen MR) is 129 cm³/mol. The van der Waals surface area contributed by atoms with E-state index in [1.54, 1.807) is 30.1 Å². The van der Waals surface area contributed by atoms with Crippen LogP contribution in [-0.4, -0.2) is 35.1 Å². The monoisotopic (exact) mass is 438 g/mol. The average Bonchev–Trinajstić information content (AvgIpc) is 3.25. The molecule has 7 nitrogen and oxygen atoms in total. The first kappa shape index (κ1) is 20.5. The number of methoxy groups -OCH3 is 2. The van der Waals surface area contributed by atoms with Gasteiger partial charge < -0.3 is 14.8 Å². The summed E-state index contributed by atoms with van der Waals surface area (Å²) in [7, 11) is 3.10. The minimum Gasteiger partial charge on any atom is -0.493 e. The molecule has 7 heteroatoms. The van der Waals surface area contributed by atoms with Crippen LogP contribution in [0.5, 0.6) is 11.5 Å². The normalized spacial score (nSPS) is 11.0. The first-order valence-corrected chi connectivity index (χ1v) is 10.5. The molecule has 0 aliphatic rings. The van der Waals surface area contributed by atoms with Crippen LogP contribution in [0, 0.1) is 6.92 Å². The number of hydrogen-bond donors (Lipinski definition) is 1. The smallest absolute Gasteiger partial charge is 0.255 e. The number of carbonyl (C=O) groups is 1. The van der Waals surface area contributed by atoms with Crippen molar-refractivity contribution in [3.05, 3.63) is 83.9 Å². The maximum atomic E-state index is 12.9. The molecule has 0 bridgehead atoms. The lowest BCUT2D eigenvalue weighted by Gasteiger charge is -2.11. The zero-order chi connectivity index (χ0) is 22.9. The summed E-state index contributed by atoms with van der Waals surface area (Å²) in [5.74, 6) is 0.812. The van der Waals surface area contributed by atoms with Crippen molar-refractivity contribution >= 4 is 33.4 Å². The van der Waals surface area contributed by atoms with Gasteiger partial charge in [0, 0.05) is 16.6 Å². The number of carbonyl (C=O) groups excluding carboxylic acids is 1. The van der Waals surface area contributed by atoms with Crippen LogP contribution >= 0.6 is 0 Å². The van der Waals surface area contributed by atoms with Gasteiger partial charge in [0.1, 0.15) is 11.0 Å². The molecule has 33 heavy (non-hydrogen) atoms. The van der Waals surface area contributed by atoms with Crippen molar-refractivity contribution in [2.75, 3.05) is 19.5 Å². The lowest BCUT2D eigenvalue weighted by atomic mass is 10.1. The van der Waals surface area contributed by atoms with E-state index in [1.165, 1.54) is 7.11 Å². The van der Waals surface area contributed by atoms with Gasteiger partial charge in [0.25, 0.3) is 5.91 Å². The van der Waals surface area contributed by atoms with Crippen molar-refractivity contribution in [3.8, 4) is 17.2 Å². The summed E-state index contributed by atoms with van der Waals surface area (Å²) in [6.07, 6.45) is 0. The second kappa shape index (κ2) is 8.27. The Balaban J connectivity index is 1.49. The summed E-state index contributed by atoms with van der Waals surface area (Å²) in [6.45, 7) is 1.93. The molecule has 0 saturated carbocycles. The number of amides is 1. The van der Waals surface area contributed by atoms with Crippen LogP contribution in [-0.2, 0) is 0 Å². The fraction of sp³-hybridized carbons (Fsp3) is 0.115. The molecular weight excluding hydrogens is 416 g/mol. The fourth-order valence-electron chi connectivity index (χ4n) is 3.86. The fourth-order valence-corrected chi connectivity index (χ4v) is 3.86. The van der Waals surface area contributed by atoms with E-state index < -0.39 is 0 Å². The lowest BCUT2D eigenvalue weighted by Crippen LogP contribution is -2.13. The van der Waals surface area contributed by atoms with Gasteiger partial charge in [-0.05, 0) is 54.3 Å². The molecule has 1 heterocycles. The Bertz CT molecular complexity index is 1500. The molecule has 4 aromatic carbocycles. The van der Waals surface area contributed by atoms with Crippen LogP contribution in [0.3, 0.4) is 0 Å². The molecule has 0 atom stereocenters. The number of aryl methyl sites for hydroxylation is 1. The predicted octanol–water partition coefficient (Wildman–Crippen LogP) is 5.15. The number of hydrogen-bond acceptors (Lipinski definition) is 5. The molecule has 164 valence electrons. The van der Waals surface area contributed by atoms with E-state index >= 15 is 0 Å². The van der Waals surface area contributed by atoms with Gasteiger partial charge in [-0.3, -0.25) is 4.79 Å². The van der Waals surface area contributed by atoms with E-state index in [0.29, 0.717) is 28.3 Å². The Labute approximate surface area is 190 Å². The molecule has 0 aliphatic heterocycles. The highest BCUT2D eigenvalue weighted by Crippen LogP contribution is 2.29. The van der Waals surface area contributed by atoms with E-state index in [1.807, 2.05) is 43.3 Å². The highest BCUT2D eigenvalue weighted by molar-refractivity contribution is 6.06. The van der Waals surface area contributed by atoms with Gasteiger partial charge in [0.05, 0.1) is 19.9 Å². The largest absolute Gasteiger partial charge is 0.493 e. The van der Waals surface area contributed by atoms with E-state index in [4.69, 9.17) is 9.47 Å². The second-order valence-electron chi connectivity index (χ2n) is 7.67. The van der Waals surface area contributed by atoms with Crippen LogP contribution in [0.15, 0.2) is 72.8 Å². The third-order valence-electron chi connectivity index (χ3n) is 5.60. The first-order valence-electron chi connectivity index (χ1n) is 10.5. The van der Waals surface area contributed by atoms with Gasteiger partial charge in [-0.2, -0.15) is 0 Å². The highest BCUT2D eigenvalue weighted by atomic mass is 16.5. The molecule has 0 aliphatic carbocycles. The molecule has 0 radical (unpaired) electrons. The number of nitrogens with one attached hydrogen (secondary N) is 1. The number of nitrogens with zero attached hydrogens (tertiary/aromatic N) is 3. The molecule has 0 saturated heterocycles. The summed E-state index contributed by atoms with van der Waals surface area (Å²) in [6, 6.07) is 23.0. The van der Waals surface area contributed by atoms with Gasteiger partial charge in [-0.25, -0.2) is 0 Å². The minimum absolute atomic E-state index is 0.250. The zero-order valence-corrected chi connectivity index (χ0v) is 18.5. The van der Waals surface area contributed by atoms with Crippen molar-refractivity contribution in [1.29, 1.82) is 0 Å². The minimum atomic E-state index is -0.250. The third-order valence-corrected chi connectivity index (χ3v) is 5.60. The lowest BCUT2D eigenvalue weighted by molar-refractivity contribution is 0.102. The van der Waals surface area contributed by atoms with Crippen LogP contribution in [0.1, 0.15) is 15.9 Å². The van der Waals surface area contributed by atoms with Gasteiger partial charge in [0.15, 0.2) is 11.5 Å². The SMILES string of the molecule is COc1ccc(C(=O)Nc2cc3nn(-c4cccc5ccccc45)nc3cc2C)cc1OC. The summed E-state index contributed by atoms with van der Waals surface area (Å²) in [5, 5.41) is 14.5. The van der Waals surface area contributed by atoms with Crippen molar-refractivity contribution in [2.24, 2.45) is 0 Å². The molecule has 1 amide bonds. The first-order chi connectivity index (χ1) is 16.1. The van der Waals surface area contributed by atoms with Crippen LogP contribution in [0.4, 0.5) is 5.69 Å². The quantitative estimate of drug-likeness (QED) is 0.411. The standard InChI is InChI=1S/C26H22N4O3/c1-16-13-21-22(29-30(28-21)23-10-6-8-17-7-4-5-9-19(17)23)15-20(16)27-26(31)18-11-12-24(32-2)25(14-18)33-3/h4-15H,1-3H3,(H,27,31). The van der Waals surface area contributed by atoms with Gasteiger partial charge in [-0.1, -0.05) is 36.4 Å². The number of rotatable bonds is 5. The number of benzene rings is 4. The summed E-state index contributed by atoms with van der Waals surface area (Å²) in [5.41, 5.74) is 4.37. The Kier molecular flexibility index (Phi) is 5.14. The number of ether oxygens (including phenoxy) is 2. The molecule has 5 aromatic rings. The zero-order valence-electron chi connectivity index (χ0n) is 18.5. The number of anilines is 1. The molecule has 5 rings (SSSR count). The Morgan fingerprint density at radius 1 is 0.848 bits per heavy atom. The Morgan fingerprint density at radius 2 is 1.58 bits per heavy atom. The molecule has 0 unspecified atom stereocenters.